The highest BCUT2D eigenvalue weighted by Crippen LogP contribution is 2.26. The Labute approximate surface area is 175 Å². The lowest BCUT2D eigenvalue weighted by atomic mass is 9.83. The van der Waals surface area contributed by atoms with E-state index < -0.39 is 0 Å². The van der Waals surface area contributed by atoms with Crippen molar-refractivity contribution in [1.29, 1.82) is 0 Å². The summed E-state index contributed by atoms with van der Waals surface area (Å²) in [6.45, 7) is 6.37. The van der Waals surface area contributed by atoms with Gasteiger partial charge in [0.1, 0.15) is 5.78 Å². The number of ether oxygens (including phenoxy) is 1. The molecule has 0 radical (unpaired) electrons. The van der Waals surface area contributed by atoms with Gasteiger partial charge < -0.3 is 15.4 Å². The molecule has 29 heavy (non-hydrogen) atoms. The second-order valence-electron chi connectivity index (χ2n) is 9.05. The van der Waals surface area contributed by atoms with Gasteiger partial charge in [0.2, 0.25) is 11.8 Å². The van der Waals surface area contributed by atoms with Gasteiger partial charge in [0.25, 0.3) is 0 Å². The molecular formula is C23H40N2O4. The van der Waals surface area contributed by atoms with E-state index in [1.165, 1.54) is 0 Å². The van der Waals surface area contributed by atoms with Gasteiger partial charge in [-0.1, -0.05) is 20.8 Å². The Morgan fingerprint density at radius 2 is 1.48 bits per heavy atom. The molecule has 0 saturated heterocycles. The third-order valence-electron chi connectivity index (χ3n) is 6.34. The standard InChI is InChI=1S/C23H40N2O4/c1-4-21(26)17-7-9-18(10-8-17)24-22(27)6-5-15-29-20-13-11-19(12-14-20)25-23(28)16(2)3/h16-20H,4-15H2,1-3H3,(H,24,27)(H,25,28)/t17-,18-,19-,20-. The number of ketones is 1. The molecule has 2 amide bonds. The smallest absolute Gasteiger partial charge is 0.222 e. The van der Waals surface area contributed by atoms with Crippen molar-refractivity contribution in [2.24, 2.45) is 11.8 Å². The van der Waals surface area contributed by atoms with Crippen LogP contribution in [0.1, 0.15) is 91.4 Å². The van der Waals surface area contributed by atoms with Crippen LogP contribution < -0.4 is 10.6 Å². The van der Waals surface area contributed by atoms with Crippen LogP contribution >= 0.6 is 0 Å². The summed E-state index contributed by atoms with van der Waals surface area (Å²) in [5, 5.41) is 6.23. The van der Waals surface area contributed by atoms with Gasteiger partial charge in [-0.05, 0) is 57.8 Å². The third-order valence-corrected chi connectivity index (χ3v) is 6.34. The summed E-state index contributed by atoms with van der Waals surface area (Å²) in [7, 11) is 0. The van der Waals surface area contributed by atoms with Crippen LogP contribution in [-0.4, -0.2) is 42.4 Å². The average molecular weight is 409 g/mol. The van der Waals surface area contributed by atoms with Gasteiger partial charge in [-0.25, -0.2) is 0 Å². The van der Waals surface area contributed by atoms with E-state index in [1.807, 2.05) is 20.8 Å². The van der Waals surface area contributed by atoms with Gasteiger partial charge in [0, 0.05) is 43.4 Å². The summed E-state index contributed by atoms with van der Waals surface area (Å²) in [5.41, 5.74) is 0. The maximum Gasteiger partial charge on any atom is 0.222 e. The van der Waals surface area contributed by atoms with E-state index in [1.54, 1.807) is 0 Å². The van der Waals surface area contributed by atoms with Crippen molar-refractivity contribution in [3.63, 3.8) is 0 Å². The molecule has 2 aliphatic rings. The van der Waals surface area contributed by atoms with E-state index in [0.717, 1.165) is 57.8 Å². The molecule has 6 heteroatoms. The van der Waals surface area contributed by atoms with Crippen molar-refractivity contribution in [1.82, 2.24) is 10.6 Å². The van der Waals surface area contributed by atoms with Crippen LogP contribution in [0.15, 0.2) is 0 Å². The van der Waals surface area contributed by atoms with Crippen molar-refractivity contribution >= 4 is 17.6 Å². The van der Waals surface area contributed by atoms with E-state index >= 15 is 0 Å². The Morgan fingerprint density at radius 3 is 2.07 bits per heavy atom. The monoisotopic (exact) mass is 408 g/mol. The van der Waals surface area contributed by atoms with Crippen molar-refractivity contribution in [2.75, 3.05) is 6.61 Å². The summed E-state index contributed by atoms with van der Waals surface area (Å²) in [5.74, 6) is 0.826. The SMILES string of the molecule is CCC(=O)[C@H]1CC[C@H](NC(=O)CCCO[C@H]2CC[C@H](NC(=O)C(C)C)CC2)CC1. The Kier molecular flexibility index (Phi) is 10.1. The average Bonchev–Trinajstić information content (AvgIpc) is 2.72. The molecule has 2 N–H and O–H groups in total. The second kappa shape index (κ2) is 12.3. The summed E-state index contributed by atoms with van der Waals surface area (Å²) >= 11 is 0. The fourth-order valence-corrected chi connectivity index (χ4v) is 4.37. The summed E-state index contributed by atoms with van der Waals surface area (Å²) in [4.78, 5) is 35.7. The predicted molar refractivity (Wildman–Crippen MR) is 113 cm³/mol. The van der Waals surface area contributed by atoms with Crippen LogP contribution in [0.5, 0.6) is 0 Å². The first-order valence-electron chi connectivity index (χ1n) is 11.6. The Balaban J connectivity index is 1.51. The minimum absolute atomic E-state index is 0.0315. The fourth-order valence-electron chi connectivity index (χ4n) is 4.37. The summed E-state index contributed by atoms with van der Waals surface area (Å²) < 4.78 is 5.95. The number of nitrogens with one attached hydrogen (secondary N) is 2. The van der Waals surface area contributed by atoms with Gasteiger partial charge in [-0.2, -0.15) is 0 Å². The molecule has 2 fully saturated rings. The zero-order valence-corrected chi connectivity index (χ0v) is 18.5. The first kappa shape index (κ1) is 23.8. The predicted octanol–water partition coefficient (Wildman–Crippen LogP) is 3.52. The lowest BCUT2D eigenvalue weighted by molar-refractivity contribution is -0.125. The molecule has 0 aromatic heterocycles. The number of rotatable bonds is 10. The highest BCUT2D eigenvalue weighted by atomic mass is 16.5. The number of carbonyl (C=O) groups is 3. The number of hydrogen-bond acceptors (Lipinski definition) is 4. The van der Waals surface area contributed by atoms with Crippen LogP contribution in [0.3, 0.4) is 0 Å². The molecule has 0 aliphatic heterocycles. The quantitative estimate of drug-likeness (QED) is 0.542. The van der Waals surface area contributed by atoms with E-state index in [-0.39, 0.29) is 41.8 Å². The number of Topliss-reactive ketones (excluding diaryl/α,β-unsaturated/α-hetero) is 1. The minimum Gasteiger partial charge on any atom is -0.378 e. The fraction of sp³-hybridized carbons (Fsp3) is 0.870. The topological polar surface area (TPSA) is 84.5 Å². The minimum atomic E-state index is 0.0315. The Bertz CT molecular complexity index is 533. The van der Waals surface area contributed by atoms with Crippen molar-refractivity contribution in [3.8, 4) is 0 Å². The number of carbonyl (C=O) groups excluding carboxylic acids is 3. The Hall–Kier alpha value is -1.43. The molecule has 2 aliphatic carbocycles. The first-order valence-corrected chi connectivity index (χ1v) is 11.6. The van der Waals surface area contributed by atoms with Gasteiger partial charge in [0.05, 0.1) is 6.10 Å². The van der Waals surface area contributed by atoms with Gasteiger partial charge >= 0.3 is 0 Å². The Morgan fingerprint density at radius 1 is 0.897 bits per heavy atom. The van der Waals surface area contributed by atoms with Gasteiger partial charge in [-0.3, -0.25) is 14.4 Å². The molecular weight excluding hydrogens is 368 g/mol. The maximum atomic E-state index is 12.2. The van der Waals surface area contributed by atoms with E-state index in [0.29, 0.717) is 25.2 Å². The van der Waals surface area contributed by atoms with E-state index in [9.17, 15) is 14.4 Å². The van der Waals surface area contributed by atoms with Crippen molar-refractivity contribution < 1.29 is 19.1 Å². The third kappa shape index (κ3) is 8.45. The molecule has 2 rings (SSSR count). The van der Waals surface area contributed by atoms with Crippen LogP contribution in [0.25, 0.3) is 0 Å². The molecule has 0 heterocycles. The second-order valence-corrected chi connectivity index (χ2v) is 9.05. The summed E-state index contributed by atoms with van der Waals surface area (Å²) in [6, 6.07) is 0.499. The van der Waals surface area contributed by atoms with Crippen LogP contribution in [0.2, 0.25) is 0 Å². The first-order chi connectivity index (χ1) is 13.9. The number of amides is 2. The van der Waals surface area contributed by atoms with Crippen molar-refractivity contribution in [3.05, 3.63) is 0 Å². The summed E-state index contributed by atoms with van der Waals surface area (Å²) in [6.07, 6.45) is 9.59. The molecule has 0 aromatic carbocycles. The van der Waals surface area contributed by atoms with Gasteiger partial charge in [0.15, 0.2) is 0 Å². The normalized spacial score (nSPS) is 27.4. The van der Waals surface area contributed by atoms with E-state index in [4.69, 9.17) is 4.74 Å². The molecule has 2 saturated carbocycles. The van der Waals surface area contributed by atoms with E-state index in [2.05, 4.69) is 10.6 Å². The molecule has 0 aromatic rings. The molecule has 6 nitrogen and oxygen atoms in total. The van der Waals surface area contributed by atoms with Crippen LogP contribution in [-0.2, 0) is 19.1 Å². The lowest BCUT2D eigenvalue weighted by Gasteiger charge is -2.29. The van der Waals surface area contributed by atoms with Crippen molar-refractivity contribution in [2.45, 2.75) is 110 Å². The molecule has 0 spiro atoms. The highest BCUT2D eigenvalue weighted by molar-refractivity contribution is 5.81. The zero-order valence-electron chi connectivity index (χ0n) is 18.5. The lowest BCUT2D eigenvalue weighted by Crippen LogP contribution is -2.41. The molecule has 166 valence electrons. The zero-order chi connectivity index (χ0) is 21.2. The number of hydrogen-bond donors (Lipinski definition) is 2. The molecule has 0 bridgehead atoms. The van der Waals surface area contributed by atoms with Crippen LogP contribution in [0, 0.1) is 11.8 Å². The highest BCUT2D eigenvalue weighted by Gasteiger charge is 2.26. The molecule has 0 atom stereocenters. The van der Waals surface area contributed by atoms with Gasteiger partial charge in [-0.15, -0.1) is 0 Å². The molecule has 0 unspecified atom stereocenters. The maximum absolute atomic E-state index is 12.2. The largest absolute Gasteiger partial charge is 0.378 e. The van der Waals surface area contributed by atoms with Crippen LogP contribution in [0.4, 0.5) is 0 Å².